The summed E-state index contributed by atoms with van der Waals surface area (Å²) in [5.74, 6) is -3.20. The molecule has 1 unspecified atom stereocenters. The maximum atomic E-state index is 12.8. The van der Waals surface area contributed by atoms with Crippen LogP contribution in [0.4, 0.5) is 13.6 Å². The summed E-state index contributed by atoms with van der Waals surface area (Å²) in [5.41, 5.74) is -0.895. The molecule has 0 aromatic heterocycles. The second kappa shape index (κ2) is 7.68. The molecule has 1 aliphatic heterocycles. The molecule has 0 fully saturated rings. The van der Waals surface area contributed by atoms with E-state index in [2.05, 4.69) is 0 Å². The van der Waals surface area contributed by atoms with Gasteiger partial charge in [-0.05, 0) is 32.9 Å². The third-order valence-corrected chi connectivity index (χ3v) is 3.33. The number of carbonyl (C=O) groups excluding carboxylic acids is 4. The van der Waals surface area contributed by atoms with E-state index in [9.17, 15) is 28.0 Å². The van der Waals surface area contributed by atoms with E-state index in [0.29, 0.717) is 0 Å². The molecule has 0 saturated carbocycles. The number of fused-ring (bicyclic) bond motifs is 1. The highest BCUT2D eigenvalue weighted by molar-refractivity contribution is 6.20. The van der Waals surface area contributed by atoms with Crippen LogP contribution in [-0.4, -0.2) is 47.0 Å². The molecule has 8 nitrogen and oxygen atoms in total. The third-order valence-electron chi connectivity index (χ3n) is 3.33. The van der Waals surface area contributed by atoms with Crippen molar-refractivity contribution < 1.29 is 37.5 Å². The van der Waals surface area contributed by atoms with Crippen LogP contribution in [0.1, 0.15) is 47.9 Å². The first-order chi connectivity index (χ1) is 12.5. The summed E-state index contributed by atoms with van der Waals surface area (Å²) in [7, 11) is 0. The molecule has 1 aromatic carbocycles. The fourth-order valence-corrected chi connectivity index (χ4v) is 2.25. The van der Waals surface area contributed by atoms with E-state index in [4.69, 9.17) is 9.57 Å². The van der Waals surface area contributed by atoms with Gasteiger partial charge in [0.25, 0.3) is 11.8 Å². The van der Waals surface area contributed by atoms with Crippen LogP contribution in [0.2, 0.25) is 0 Å². The Hall–Kier alpha value is -3.04. The van der Waals surface area contributed by atoms with E-state index < -0.39 is 48.4 Å². The fraction of sp³-hybridized carbons (Fsp3) is 0.412. The summed E-state index contributed by atoms with van der Waals surface area (Å²) in [6.45, 7) is 4.64. The van der Waals surface area contributed by atoms with E-state index >= 15 is 0 Å². The number of nitrogens with one attached hydrogen (secondary N) is 1. The van der Waals surface area contributed by atoms with Crippen LogP contribution in [-0.2, 0) is 14.4 Å². The van der Waals surface area contributed by atoms with Gasteiger partial charge in [0, 0.05) is 6.42 Å². The zero-order chi connectivity index (χ0) is 20.4. The molecule has 10 heteroatoms. The molecule has 2 rings (SSSR count). The lowest BCUT2D eigenvalue weighted by Gasteiger charge is -2.23. The molecule has 146 valence electrons. The minimum absolute atomic E-state index is 0.0146. The van der Waals surface area contributed by atoms with Crippen molar-refractivity contribution in [2.45, 2.75) is 45.3 Å². The number of imide groups is 1. The summed E-state index contributed by atoms with van der Waals surface area (Å²) in [6.07, 6.45) is -5.16. The Balaban J connectivity index is 2.11. The largest absolute Gasteiger partial charge is 0.444 e. The molecule has 0 saturated heterocycles. The normalized spacial score (nSPS) is 14.8. The average Bonchev–Trinajstić information content (AvgIpc) is 2.77. The quantitative estimate of drug-likeness (QED) is 0.782. The van der Waals surface area contributed by atoms with Gasteiger partial charge in [0.1, 0.15) is 11.6 Å². The first kappa shape index (κ1) is 20.3. The van der Waals surface area contributed by atoms with Gasteiger partial charge in [-0.1, -0.05) is 17.2 Å². The lowest BCUT2D eigenvalue weighted by atomic mass is 10.1. The van der Waals surface area contributed by atoms with Gasteiger partial charge >= 0.3 is 12.1 Å². The molecule has 0 aliphatic carbocycles. The Morgan fingerprint density at radius 1 is 1.11 bits per heavy atom. The van der Waals surface area contributed by atoms with Gasteiger partial charge in [-0.2, -0.15) is 0 Å². The number of halogens is 2. The predicted molar refractivity (Wildman–Crippen MR) is 86.8 cm³/mol. The van der Waals surface area contributed by atoms with E-state index in [-0.39, 0.29) is 16.2 Å². The Bertz CT molecular complexity index is 740. The number of alkyl carbamates (subject to hydrolysis) is 1. The van der Waals surface area contributed by atoms with E-state index in [1.165, 1.54) is 24.3 Å². The van der Waals surface area contributed by atoms with Crippen molar-refractivity contribution in [2.75, 3.05) is 0 Å². The molecule has 0 spiro atoms. The topological polar surface area (TPSA) is 102 Å². The third kappa shape index (κ3) is 4.99. The second-order valence-electron chi connectivity index (χ2n) is 6.69. The summed E-state index contributed by atoms with van der Waals surface area (Å²) in [4.78, 5) is 53.0. The molecular formula is C17H18F2N2O6. The molecule has 0 bridgehead atoms. The molecule has 3 amide bonds. The minimum Gasteiger partial charge on any atom is -0.444 e. The monoisotopic (exact) mass is 384 g/mol. The smallest absolute Gasteiger partial charge is 0.408 e. The zero-order valence-electron chi connectivity index (χ0n) is 14.8. The van der Waals surface area contributed by atoms with Crippen LogP contribution in [0.5, 0.6) is 0 Å². The second-order valence-corrected chi connectivity index (χ2v) is 6.69. The SMILES string of the molecule is CC(C)(C)OC(=O)NC(CC(F)F)C(=O)ON1C(=O)c2ccccc2C1=O. The van der Waals surface area contributed by atoms with Crippen LogP contribution in [0.3, 0.4) is 0 Å². The van der Waals surface area contributed by atoms with Crippen LogP contribution < -0.4 is 5.32 Å². The number of ether oxygens (including phenoxy) is 1. The van der Waals surface area contributed by atoms with Crippen molar-refractivity contribution in [2.24, 2.45) is 0 Å². The van der Waals surface area contributed by atoms with Crippen molar-refractivity contribution >= 4 is 23.9 Å². The maximum absolute atomic E-state index is 12.8. The zero-order valence-corrected chi connectivity index (χ0v) is 14.8. The van der Waals surface area contributed by atoms with Crippen LogP contribution in [0.25, 0.3) is 0 Å². The Labute approximate surface area is 153 Å². The lowest BCUT2D eigenvalue weighted by Crippen LogP contribution is -2.47. The highest BCUT2D eigenvalue weighted by atomic mass is 19.3. The number of rotatable bonds is 5. The predicted octanol–water partition coefficient (Wildman–Crippen LogP) is 2.29. The standard InChI is InChI=1S/C17H18F2N2O6/c1-17(2,3)26-16(25)20-11(8-12(18)19)15(24)27-21-13(22)9-6-4-5-7-10(9)14(21)23/h4-7,11-12H,8H2,1-3H3,(H,20,25). The first-order valence-corrected chi connectivity index (χ1v) is 7.97. The van der Waals surface area contributed by atoms with Crippen molar-refractivity contribution in [1.29, 1.82) is 0 Å². The number of alkyl halides is 2. The molecule has 1 N–H and O–H groups in total. The minimum atomic E-state index is -2.96. The molecule has 1 heterocycles. The summed E-state index contributed by atoms with van der Waals surface area (Å²) in [6, 6.07) is 3.93. The van der Waals surface area contributed by atoms with E-state index in [1.807, 2.05) is 5.32 Å². The number of nitrogens with zero attached hydrogens (tertiary/aromatic N) is 1. The molecule has 1 atom stereocenters. The lowest BCUT2D eigenvalue weighted by molar-refractivity contribution is -0.172. The van der Waals surface area contributed by atoms with Crippen molar-refractivity contribution in [3.8, 4) is 0 Å². The number of amides is 3. The number of carbonyl (C=O) groups is 4. The highest BCUT2D eigenvalue weighted by Crippen LogP contribution is 2.23. The molecule has 1 aromatic rings. The summed E-state index contributed by atoms with van der Waals surface area (Å²) < 4.78 is 30.4. The molecule has 1 aliphatic rings. The average molecular weight is 384 g/mol. The van der Waals surface area contributed by atoms with Gasteiger partial charge in [-0.3, -0.25) is 9.59 Å². The Morgan fingerprint density at radius 3 is 2.07 bits per heavy atom. The Kier molecular flexibility index (Phi) is 5.77. The van der Waals surface area contributed by atoms with E-state index in [0.717, 1.165) is 0 Å². The molecule has 27 heavy (non-hydrogen) atoms. The molecule has 0 radical (unpaired) electrons. The summed E-state index contributed by atoms with van der Waals surface area (Å²) in [5, 5.41) is 2.15. The fourth-order valence-electron chi connectivity index (χ4n) is 2.25. The van der Waals surface area contributed by atoms with Gasteiger partial charge < -0.3 is 14.9 Å². The summed E-state index contributed by atoms with van der Waals surface area (Å²) >= 11 is 0. The van der Waals surface area contributed by atoms with Crippen molar-refractivity contribution in [3.05, 3.63) is 35.4 Å². The van der Waals surface area contributed by atoms with E-state index in [1.54, 1.807) is 20.8 Å². The van der Waals surface area contributed by atoms with Crippen molar-refractivity contribution in [1.82, 2.24) is 10.4 Å². The van der Waals surface area contributed by atoms with Crippen molar-refractivity contribution in [3.63, 3.8) is 0 Å². The van der Waals surface area contributed by atoms with Gasteiger partial charge in [-0.25, -0.2) is 18.4 Å². The molecular weight excluding hydrogens is 366 g/mol. The van der Waals surface area contributed by atoms with Gasteiger partial charge in [0.05, 0.1) is 11.1 Å². The number of benzene rings is 1. The number of hydrogen-bond acceptors (Lipinski definition) is 6. The van der Waals surface area contributed by atoms with Gasteiger partial charge in [0.15, 0.2) is 0 Å². The maximum Gasteiger partial charge on any atom is 0.408 e. The number of hydrogen-bond donors (Lipinski definition) is 1. The Morgan fingerprint density at radius 2 is 1.63 bits per heavy atom. The first-order valence-electron chi connectivity index (χ1n) is 7.97. The van der Waals surface area contributed by atoms with Gasteiger partial charge in [-0.15, -0.1) is 0 Å². The van der Waals surface area contributed by atoms with Gasteiger partial charge in [0.2, 0.25) is 6.43 Å². The van der Waals surface area contributed by atoms with Crippen LogP contribution >= 0.6 is 0 Å². The van der Waals surface area contributed by atoms with Crippen LogP contribution in [0.15, 0.2) is 24.3 Å². The number of hydroxylamine groups is 2. The van der Waals surface area contributed by atoms with Crippen LogP contribution in [0, 0.1) is 0 Å². The highest BCUT2D eigenvalue weighted by Gasteiger charge is 2.40.